The van der Waals surface area contributed by atoms with Gasteiger partial charge in [0.15, 0.2) is 15.0 Å². The van der Waals surface area contributed by atoms with E-state index in [4.69, 9.17) is 0 Å². The van der Waals surface area contributed by atoms with E-state index in [1.807, 2.05) is 13.8 Å². The van der Waals surface area contributed by atoms with Crippen LogP contribution in [0.1, 0.15) is 32.4 Å². The van der Waals surface area contributed by atoms with Crippen LogP contribution in [0.3, 0.4) is 0 Å². The van der Waals surface area contributed by atoms with E-state index >= 15 is 0 Å². The van der Waals surface area contributed by atoms with Crippen LogP contribution in [-0.2, 0) is 25.5 Å². The van der Waals surface area contributed by atoms with Crippen molar-refractivity contribution >= 4 is 36.3 Å². The Balaban J connectivity index is 2.33. The molecule has 7 nitrogen and oxygen atoms in total. The smallest absolute Gasteiger partial charge is 0.263 e. The molecule has 10 heteroatoms. The summed E-state index contributed by atoms with van der Waals surface area (Å²) in [5.41, 5.74) is -0.693. The van der Waals surface area contributed by atoms with Crippen molar-refractivity contribution in [2.45, 2.75) is 42.1 Å². The zero-order valence-electron chi connectivity index (χ0n) is 14.1. The Morgan fingerprint density at radius 3 is 2.32 bits per heavy atom. The maximum Gasteiger partial charge on any atom is 0.263 e. The second-order valence-electron chi connectivity index (χ2n) is 5.63. The largest absolute Gasteiger partial charge is 0.384 e. The SMILES string of the molecule is CCC(O)(CC)c1csc(NS(=O)(=O)c2cccc(S(C)(=O)=O)c2)n1. The average molecular weight is 405 g/mol. The topological polar surface area (TPSA) is 113 Å². The molecule has 0 aliphatic carbocycles. The minimum Gasteiger partial charge on any atom is -0.384 e. The average Bonchev–Trinajstić information content (AvgIpc) is 3.02. The molecular weight excluding hydrogens is 384 g/mol. The maximum atomic E-state index is 12.5. The number of aromatic nitrogens is 1. The van der Waals surface area contributed by atoms with Crippen molar-refractivity contribution in [3.63, 3.8) is 0 Å². The van der Waals surface area contributed by atoms with Gasteiger partial charge in [0.1, 0.15) is 5.60 Å². The summed E-state index contributed by atoms with van der Waals surface area (Å²) < 4.78 is 50.5. The first-order chi connectivity index (χ1) is 11.5. The van der Waals surface area contributed by atoms with Gasteiger partial charge in [-0.3, -0.25) is 4.72 Å². The van der Waals surface area contributed by atoms with Crippen molar-refractivity contribution in [3.05, 3.63) is 35.3 Å². The molecule has 2 aromatic rings. The van der Waals surface area contributed by atoms with Gasteiger partial charge in [-0.25, -0.2) is 21.8 Å². The molecule has 0 fully saturated rings. The highest BCUT2D eigenvalue weighted by molar-refractivity contribution is 7.93. The van der Waals surface area contributed by atoms with Gasteiger partial charge in [0.05, 0.1) is 15.5 Å². The molecule has 0 bridgehead atoms. The molecule has 25 heavy (non-hydrogen) atoms. The first-order valence-corrected chi connectivity index (χ1v) is 11.8. The minimum atomic E-state index is -3.99. The van der Waals surface area contributed by atoms with E-state index in [-0.39, 0.29) is 14.9 Å². The van der Waals surface area contributed by atoms with Gasteiger partial charge >= 0.3 is 0 Å². The first kappa shape index (κ1) is 19.8. The van der Waals surface area contributed by atoms with Crippen LogP contribution in [0, 0.1) is 0 Å². The van der Waals surface area contributed by atoms with Gasteiger partial charge in [0, 0.05) is 11.6 Å². The standard InChI is InChI=1S/C15H20N2O5S3/c1-4-15(18,5-2)13-10-23-14(16-13)17-25(21,22)12-8-6-7-11(9-12)24(3,19)20/h6-10,18H,4-5H2,1-3H3,(H,16,17). The summed E-state index contributed by atoms with van der Waals surface area (Å²) in [7, 11) is -7.51. The highest BCUT2D eigenvalue weighted by Gasteiger charge is 2.28. The fourth-order valence-electron chi connectivity index (χ4n) is 2.19. The quantitative estimate of drug-likeness (QED) is 0.732. The number of rotatable bonds is 7. The molecule has 138 valence electrons. The lowest BCUT2D eigenvalue weighted by Gasteiger charge is -2.22. The Kier molecular flexibility index (Phi) is 5.57. The molecule has 1 aromatic heterocycles. The van der Waals surface area contributed by atoms with Gasteiger partial charge in [-0.05, 0) is 31.0 Å². The lowest BCUT2D eigenvalue weighted by atomic mass is 9.94. The zero-order chi connectivity index (χ0) is 18.9. The Hall–Kier alpha value is -1.49. The third-order valence-electron chi connectivity index (χ3n) is 3.92. The van der Waals surface area contributed by atoms with Crippen molar-refractivity contribution in [3.8, 4) is 0 Å². The van der Waals surface area contributed by atoms with Crippen molar-refractivity contribution in [2.24, 2.45) is 0 Å². The molecule has 0 atom stereocenters. The molecule has 0 radical (unpaired) electrons. The Labute approximate surface area is 151 Å². The molecule has 0 aliphatic heterocycles. The predicted molar refractivity (Wildman–Crippen MR) is 97.0 cm³/mol. The van der Waals surface area contributed by atoms with Crippen LogP contribution >= 0.6 is 11.3 Å². The van der Waals surface area contributed by atoms with Crippen LogP contribution in [0.4, 0.5) is 5.13 Å². The third-order valence-corrected chi connectivity index (χ3v) is 7.25. The van der Waals surface area contributed by atoms with E-state index in [0.717, 1.165) is 23.7 Å². The van der Waals surface area contributed by atoms with E-state index in [9.17, 15) is 21.9 Å². The Morgan fingerprint density at radius 2 is 1.76 bits per heavy atom. The summed E-state index contributed by atoms with van der Waals surface area (Å²) in [6.45, 7) is 3.65. The van der Waals surface area contributed by atoms with Crippen molar-refractivity contribution in [2.75, 3.05) is 11.0 Å². The number of anilines is 1. The molecule has 0 amide bonds. The number of hydrogen-bond donors (Lipinski definition) is 2. The molecule has 1 aromatic carbocycles. The van der Waals surface area contributed by atoms with Crippen molar-refractivity contribution in [1.82, 2.24) is 4.98 Å². The normalized spacial score (nSPS) is 13.0. The molecule has 0 spiro atoms. The fraction of sp³-hybridized carbons (Fsp3) is 0.400. The number of nitrogens with zero attached hydrogens (tertiary/aromatic N) is 1. The van der Waals surface area contributed by atoms with Crippen LogP contribution < -0.4 is 4.72 Å². The number of sulfone groups is 1. The second kappa shape index (κ2) is 7.02. The zero-order valence-corrected chi connectivity index (χ0v) is 16.5. The van der Waals surface area contributed by atoms with E-state index in [2.05, 4.69) is 9.71 Å². The number of aliphatic hydroxyl groups is 1. The van der Waals surface area contributed by atoms with Gasteiger partial charge in [0.25, 0.3) is 10.0 Å². The number of thiazole rings is 1. The lowest BCUT2D eigenvalue weighted by molar-refractivity contribution is 0.0247. The predicted octanol–water partition coefficient (Wildman–Crippen LogP) is 2.36. The van der Waals surface area contributed by atoms with E-state index in [0.29, 0.717) is 18.5 Å². The van der Waals surface area contributed by atoms with Crippen LogP contribution in [0.2, 0.25) is 0 Å². The van der Waals surface area contributed by atoms with Crippen molar-refractivity contribution in [1.29, 1.82) is 0 Å². The van der Waals surface area contributed by atoms with Gasteiger partial charge in [-0.15, -0.1) is 11.3 Å². The number of benzene rings is 1. The van der Waals surface area contributed by atoms with Gasteiger partial charge in [-0.1, -0.05) is 19.9 Å². The summed E-state index contributed by atoms with van der Waals surface area (Å²) in [6.07, 6.45) is 1.92. The van der Waals surface area contributed by atoms with Gasteiger partial charge in [0.2, 0.25) is 0 Å². The summed E-state index contributed by atoms with van der Waals surface area (Å²) in [5.74, 6) is 0. The van der Waals surface area contributed by atoms with Crippen LogP contribution in [-0.4, -0.2) is 33.2 Å². The third kappa shape index (κ3) is 4.38. The molecule has 0 aliphatic rings. The lowest BCUT2D eigenvalue weighted by Crippen LogP contribution is -2.24. The molecular formula is C15H20N2O5S3. The summed E-state index contributed by atoms with van der Waals surface area (Å²) in [5, 5.41) is 12.2. The van der Waals surface area contributed by atoms with E-state index < -0.39 is 25.5 Å². The summed E-state index contributed by atoms with van der Waals surface area (Å²) in [4.78, 5) is 3.91. The molecule has 1 heterocycles. The van der Waals surface area contributed by atoms with Crippen LogP contribution in [0.25, 0.3) is 0 Å². The molecule has 2 N–H and O–H groups in total. The number of sulfonamides is 1. The first-order valence-electron chi connectivity index (χ1n) is 7.53. The number of nitrogens with one attached hydrogen (secondary N) is 1. The minimum absolute atomic E-state index is 0.0819. The maximum absolute atomic E-state index is 12.5. The fourth-order valence-corrected chi connectivity index (χ4v) is 5.04. The highest BCUT2D eigenvalue weighted by Crippen LogP contribution is 2.31. The van der Waals surface area contributed by atoms with Gasteiger partial charge in [-0.2, -0.15) is 0 Å². The number of hydrogen-bond acceptors (Lipinski definition) is 7. The van der Waals surface area contributed by atoms with E-state index in [1.54, 1.807) is 5.38 Å². The highest BCUT2D eigenvalue weighted by atomic mass is 32.2. The van der Waals surface area contributed by atoms with Crippen LogP contribution in [0.5, 0.6) is 0 Å². The molecule has 0 saturated heterocycles. The van der Waals surface area contributed by atoms with Crippen molar-refractivity contribution < 1.29 is 21.9 Å². The summed E-state index contributed by atoms with van der Waals surface area (Å²) in [6, 6.07) is 5.10. The second-order valence-corrected chi connectivity index (χ2v) is 10.2. The molecule has 0 unspecified atom stereocenters. The summed E-state index contributed by atoms with van der Waals surface area (Å²) >= 11 is 1.06. The van der Waals surface area contributed by atoms with E-state index in [1.165, 1.54) is 18.2 Å². The Bertz CT molecular complexity index is 961. The molecule has 0 saturated carbocycles. The molecule has 2 rings (SSSR count). The van der Waals surface area contributed by atoms with Gasteiger partial charge < -0.3 is 5.11 Å². The monoisotopic (exact) mass is 404 g/mol. The Morgan fingerprint density at radius 1 is 1.16 bits per heavy atom. The van der Waals surface area contributed by atoms with Crippen LogP contribution in [0.15, 0.2) is 39.4 Å².